The fraction of sp³-hybridized carbons (Fsp3) is 0.267. The van der Waals surface area contributed by atoms with E-state index in [1.165, 1.54) is 0 Å². The molecule has 0 aliphatic carbocycles. The molecule has 1 aliphatic rings. The van der Waals surface area contributed by atoms with Crippen LogP contribution in [-0.2, 0) is 9.59 Å². The molecule has 5 nitrogen and oxygen atoms in total. The predicted octanol–water partition coefficient (Wildman–Crippen LogP) is 3.52. The quantitative estimate of drug-likeness (QED) is 0.566. The van der Waals surface area contributed by atoms with Gasteiger partial charge >= 0.3 is 5.97 Å². The van der Waals surface area contributed by atoms with Gasteiger partial charge in [0.25, 0.3) is 5.91 Å². The van der Waals surface area contributed by atoms with Gasteiger partial charge in [0, 0.05) is 10.0 Å². The van der Waals surface area contributed by atoms with Crippen LogP contribution in [0.3, 0.4) is 0 Å². The van der Waals surface area contributed by atoms with E-state index in [2.05, 4.69) is 15.9 Å². The minimum atomic E-state index is -1.10. The summed E-state index contributed by atoms with van der Waals surface area (Å²) in [7, 11) is 0. The molecule has 0 spiro atoms. The molecule has 1 aliphatic heterocycles. The van der Waals surface area contributed by atoms with Gasteiger partial charge in [0.2, 0.25) is 0 Å². The number of rotatable bonds is 6. The van der Waals surface area contributed by atoms with Crippen LogP contribution in [0, 0.1) is 0 Å². The lowest BCUT2D eigenvalue weighted by Gasteiger charge is -2.10. The smallest absolute Gasteiger partial charge is 0.323 e. The second-order valence-corrected chi connectivity index (χ2v) is 7.28. The molecule has 0 unspecified atom stereocenters. The number of carbonyl (C=O) groups excluding carboxylic acids is 1. The molecule has 1 aromatic rings. The Hall–Kier alpha value is -1.38. The molecular formula is C15H14BrNO4S2. The molecule has 8 heteroatoms. The molecule has 1 fully saturated rings. The van der Waals surface area contributed by atoms with Gasteiger partial charge in [-0.1, -0.05) is 46.8 Å². The Bertz CT molecular complexity index is 690. The van der Waals surface area contributed by atoms with Crippen molar-refractivity contribution in [2.24, 2.45) is 0 Å². The number of amides is 1. The summed E-state index contributed by atoms with van der Waals surface area (Å²) in [6.07, 6.45) is 2.55. The highest BCUT2D eigenvalue weighted by Crippen LogP contribution is 2.35. The van der Waals surface area contributed by atoms with Crippen molar-refractivity contribution in [3.8, 4) is 5.75 Å². The maximum absolute atomic E-state index is 12.3. The number of ether oxygens (including phenoxy) is 1. The van der Waals surface area contributed by atoms with E-state index in [0.717, 1.165) is 33.1 Å². The zero-order valence-electron chi connectivity index (χ0n) is 12.2. The number of carbonyl (C=O) groups is 2. The van der Waals surface area contributed by atoms with E-state index >= 15 is 0 Å². The minimum absolute atomic E-state index is 0.245. The van der Waals surface area contributed by atoms with Gasteiger partial charge < -0.3 is 9.84 Å². The maximum atomic E-state index is 12.3. The molecule has 1 heterocycles. The first-order valence-corrected chi connectivity index (χ1v) is 8.83. The van der Waals surface area contributed by atoms with Crippen molar-refractivity contribution in [3.63, 3.8) is 0 Å². The van der Waals surface area contributed by atoms with E-state index in [0.29, 0.717) is 17.3 Å². The molecule has 122 valence electrons. The summed E-state index contributed by atoms with van der Waals surface area (Å²) in [5.74, 6) is -0.834. The van der Waals surface area contributed by atoms with E-state index < -0.39 is 18.4 Å². The van der Waals surface area contributed by atoms with Crippen molar-refractivity contribution in [1.29, 1.82) is 0 Å². The number of thioether (sulfide) groups is 1. The topological polar surface area (TPSA) is 66.8 Å². The van der Waals surface area contributed by atoms with Crippen molar-refractivity contribution in [2.45, 2.75) is 13.3 Å². The standard InChI is InChI=1S/C15H14BrNO4S2/c1-2-5-21-11-4-3-10(16)6-9(11)7-12-14(20)17(8-13(18)19)15(22)23-12/h3-4,6-7H,2,5,8H2,1H3,(H,18,19)/b12-7-. The first-order chi connectivity index (χ1) is 10.9. The minimum Gasteiger partial charge on any atom is -0.493 e. The summed E-state index contributed by atoms with van der Waals surface area (Å²) in [4.78, 5) is 24.6. The molecule has 1 N–H and O–H groups in total. The average molecular weight is 416 g/mol. The third-order valence-corrected chi connectivity index (χ3v) is 4.76. The first-order valence-electron chi connectivity index (χ1n) is 6.82. The van der Waals surface area contributed by atoms with Crippen LogP contribution < -0.4 is 4.74 Å². The summed E-state index contributed by atoms with van der Waals surface area (Å²) in [5.41, 5.74) is 0.739. The monoisotopic (exact) mass is 415 g/mol. The fourth-order valence-corrected chi connectivity index (χ4v) is 3.51. The van der Waals surface area contributed by atoms with Crippen LogP contribution in [0.4, 0.5) is 0 Å². The highest BCUT2D eigenvalue weighted by molar-refractivity contribution is 9.10. The Kier molecular flexibility index (Phi) is 6.20. The van der Waals surface area contributed by atoms with Crippen molar-refractivity contribution in [1.82, 2.24) is 4.90 Å². The number of halogens is 1. The number of aliphatic carboxylic acids is 1. The zero-order chi connectivity index (χ0) is 17.0. The molecule has 1 saturated heterocycles. The number of carboxylic acid groups (broad SMARTS) is 1. The van der Waals surface area contributed by atoms with E-state index in [1.807, 2.05) is 25.1 Å². The maximum Gasteiger partial charge on any atom is 0.323 e. The summed E-state index contributed by atoms with van der Waals surface area (Å²) in [6, 6.07) is 5.52. The highest BCUT2D eigenvalue weighted by Gasteiger charge is 2.33. The van der Waals surface area contributed by atoms with Crippen molar-refractivity contribution in [2.75, 3.05) is 13.2 Å². The number of benzene rings is 1. The Morgan fingerprint density at radius 1 is 1.52 bits per heavy atom. The van der Waals surface area contributed by atoms with Crippen LogP contribution in [0.2, 0.25) is 0 Å². The summed E-state index contributed by atoms with van der Waals surface area (Å²) < 4.78 is 6.78. The highest BCUT2D eigenvalue weighted by atomic mass is 79.9. The van der Waals surface area contributed by atoms with Crippen molar-refractivity contribution >= 4 is 62.2 Å². The van der Waals surface area contributed by atoms with Crippen LogP contribution in [0.15, 0.2) is 27.6 Å². The van der Waals surface area contributed by atoms with E-state index in [-0.39, 0.29) is 4.32 Å². The van der Waals surface area contributed by atoms with Crippen LogP contribution in [0.25, 0.3) is 6.08 Å². The Balaban J connectivity index is 2.31. The molecule has 1 amide bonds. The van der Waals surface area contributed by atoms with Gasteiger partial charge in [-0.15, -0.1) is 0 Å². The Morgan fingerprint density at radius 2 is 2.26 bits per heavy atom. The van der Waals surface area contributed by atoms with Gasteiger partial charge in [-0.2, -0.15) is 0 Å². The largest absolute Gasteiger partial charge is 0.493 e. The fourth-order valence-electron chi connectivity index (χ4n) is 1.89. The van der Waals surface area contributed by atoms with Gasteiger partial charge in [0.05, 0.1) is 11.5 Å². The van der Waals surface area contributed by atoms with Crippen molar-refractivity contribution < 1.29 is 19.4 Å². The van der Waals surface area contributed by atoms with E-state index in [9.17, 15) is 9.59 Å². The van der Waals surface area contributed by atoms with E-state index in [4.69, 9.17) is 22.1 Å². The van der Waals surface area contributed by atoms with Gasteiger partial charge in [-0.05, 0) is 30.7 Å². The molecule has 0 atom stereocenters. The van der Waals surface area contributed by atoms with Crippen LogP contribution >= 0.6 is 39.9 Å². The van der Waals surface area contributed by atoms with Gasteiger partial charge in [0.1, 0.15) is 16.6 Å². The van der Waals surface area contributed by atoms with Crippen LogP contribution in [0.5, 0.6) is 5.75 Å². The molecule has 1 aromatic carbocycles. The van der Waals surface area contributed by atoms with Gasteiger partial charge in [-0.25, -0.2) is 0 Å². The normalized spacial score (nSPS) is 16.3. The third kappa shape index (κ3) is 4.55. The van der Waals surface area contributed by atoms with E-state index in [1.54, 1.807) is 6.08 Å². The number of hydrogen-bond acceptors (Lipinski definition) is 5. The Labute approximate surface area is 151 Å². The molecule has 0 bridgehead atoms. The number of hydrogen-bond donors (Lipinski definition) is 1. The zero-order valence-corrected chi connectivity index (χ0v) is 15.5. The lowest BCUT2D eigenvalue weighted by atomic mass is 10.2. The number of nitrogens with zero attached hydrogens (tertiary/aromatic N) is 1. The predicted molar refractivity (Wildman–Crippen MR) is 97.4 cm³/mol. The van der Waals surface area contributed by atoms with Crippen LogP contribution in [0.1, 0.15) is 18.9 Å². The molecule has 23 heavy (non-hydrogen) atoms. The first kappa shape index (κ1) is 18.0. The summed E-state index contributed by atoms with van der Waals surface area (Å²) >= 11 is 9.57. The number of carboxylic acids is 1. The number of thiocarbonyl (C=S) groups is 1. The van der Waals surface area contributed by atoms with Crippen molar-refractivity contribution in [3.05, 3.63) is 33.1 Å². The SMILES string of the molecule is CCCOc1ccc(Br)cc1/C=C1\SC(=S)N(CC(=O)O)C1=O. The Morgan fingerprint density at radius 3 is 2.91 bits per heavy atom. The lowest BCUT2D eigenvalue weighted by molar-refractivity contribution is -0.140. The molecule has 2 rings (SSSR count). The lowest BCUT2D eigenvalue weighted by Crippen LogP contribution is -2.33. The average Bonchev–Trinajstić information content (AvgIpc) is 2.74. The molecule has 0 aromatic heterocycles. The van der Waals surface area contributed by atoms with Gasteiger partial charge in [-0.3, -0.25) is 14.5 Å². The van der Waals surface area contributed by atoms with Gasteiger partial charge in [0.15, 0.2) is 0 Å². The molecule has 0 saturated carbocycles. The summed E-state index contributed by atoms with van der Waals surface area (Å²) in [5, 5.41) is 8.85. The second kappa shape index (κ2) is 7.94. The molecular weight excluding hydrogens is 402 g/mol. The second-order valence-electron chi connectivity index (χ2n) is 4.69. The third-order valence-electron chi connectivity index (χ3n) is 2.89. The molecule has 0 radical (unpaired) electrons. The summed E-state index contributed by atoms with van der Waals surface area (Å²) in [6.45, 7) is 2.15. The van der Waals surface area contributed by atoms with Crippen LogP contribution in [-0.4, -0.2) is 39.4 Å².